The number of thioether (sulfide) groups is 1. The Morgan fingerprint density at radius 3 is 2.07 bits per heavy atom. The number of likely N-dealkylation sites (tertiary alicyclic amines) is 1. The molecular weight excluding hydrogens is 352 g/mol. The molecule has 0 unspecified atom stereocenters. The van der Waals surface area contributed by atoms with Crippen LogP contribution in [0.2, 0.25) is 0 Å². The van der Waals surface area contributed by atoms with E-state index in [-0.39, 0.29) is 5.41 Å². The Bertz CT molecular complexity index is 735. The molecule has 2 aromatic carbocycles. The van der Waals surface area contributed by atoms with Gasteiger partial charge in [0.25, 0.3) is 0 Å². The van der Waals surface area contributed by atoms with E-state index in [4.69, 9.17) is 0 Å². The molecule has 4 heteroatoms. The van der Waals surface area contributed by atoms with Crippen molar-refractivity contribution in [3.63, 3.8) is 0 Å². The van der Waals surface area contributed by atoms with Crippen molar-refractivity contribution >= 4 is 17.7 Å². The van der Waals surface area contributed by atoms with Crippen molar-refractivity contribution in [1.29, 1.82) is 0 Å². The maximum Gasteiger partial charge on any atom is 0.233 e. The first-order chi connectivity index (χ1) is 13.3. The Morgan fingerprint density at radius 1 is 0.852 bits per heavy atom. The maximum atomic E-state index is 13.6. The van der Waals surface area contributed by atoms with Crippen molar-refractivity contribution in [1.82, 2.24) is 9.80 Å². The van der Waals surface area contributed by atoms with Crippen LogP contribution in [0, 0.1) is 0 Å². The van der Waals surface area contributed by atoms with E-state index in [1.807, 2.05) is 17.8 Å². The van der Waals surface area contributed by atoms with Gasteiger partial charge in [0.15, 0.2) is 0 Å². The lowest BCUT2D eigenvalue weighted by atomic mass is 9.71. The fourth-order valence-electron chi connectivity index (χ4n) is 4.39. The summed E-state index contributed by atoms with van der Waals surface area (Å²) in [5, 5.41) is 0. The predicted octanol–water partition coefficient (Wildman–Crippen LogP) is 3.80. The van der Waals surface area contributed by atoms with Gasteiger partial charge in [0.05, 0.1) is 5.41 Å². The molecule has 0 N–H and O–H groups in total. The number of benzene rings is 2. The fraction of sp³-hybridized carbons (Fsp3) is 0.435. The molecule has 0 aromatic heterocycles. The third-order valence-corrected chi connectivity index (χ3v) is 6.94. The lowest BCUT2D eigenvalue weighted by molar-refractivity contribution is -0.139. The predicted molar refractivity (Wildman–Crippen MR) is 113 cm³/mol. The van der Waals surface area contributed by atoms with Gasteiger partial charge in [-0.15, -0.1) is 0 Å². The summed E-state index contributed by atoms with van der Waals surface area (Å²) in [7, 11) is 0. The van der Waals surface area contributed by atoms with Crippen molar-refractivity contribution in [3.8, 4) is 0 Å². The van der Waals surface area contributed by atoms with Crippen molar-refractivity contribution < 1.29 is 4.79 Å². The number of nitrogens with zero attached hydrogens (tertiary/aromatic N) is 2. The maximum absolute atomic E-state index is 13.6. The summed E-state index contributed by atoms with van der Waals surface area (Å²) in [6.07, 6.45) is 1.82. The molecule has 3 nitrogen and oxygen atoms in total. The van der Waals surface area contributed by atoms with Crippen molar-refractivity contribution in [3.05, 3.63) is 71.8 Å². The molecule has 0 atom stereocenters. The normalized spacial score (nSPS) is 20.4. The van der Waals surface area contributed by atoms with Crippen LogP contribution in [-0.4, -0.2) is 53.4 Å². The molecule has 0 aliphatic carbocycles. The highest BCUT2D eigenvalue weighted by molar-refractivity contribution is 7.99. The quantitative estimate of drug-likeness (QED) is 0.806. The van der Waals surface area contributed by atoms with Crippen LogP contribution in [0.25, 0.3) is 0 Å². The first-order valence-corrected chi connectivity index (χ1v) is 11.1. The van der Waals surface area contributed by atoms with Gasteiger partial charge in [0, 0.05) is 31.1 Å². The minimum absolute atomic E-state index is 0.351. The molecule has 142 valence electrons. The van der Waals surface area contributed by atoms with Crippen LogP contribution in [0.5, 0.6) is 0 Å². The standard InChI is InChI=1S/C23H28N2OS/c26-22(25-15-17-27-18-16-25)23(21-9-5-2-6-10-21)11-13-24(14-12-23)19-20-7-3-1-4-8-20/h1-10H,11-19H2. The number of piperidine rings is 1. The van der Waals surface area contributed by atoms with Gasteiger partial charge in [-0.25, -0.2) is 0 Å². The number of carbonyl (C=O) groups is 1. The molecule has 2 saturated heterocycles. The second-order valence-corrected chi connectivity index (χ2v) is 8.84. The molecule has 0 spiro atoms. The van der Waals surface area contributed by atoms with E-state index < -0.39 is 0 Å². The molecule has 0 saturated carbocycles. The Balaban J connectivity index is 1.53. The van der Waals surface area contributed by atoms with Gasteiger partial charge in [-0.05, 0) is 37.1 Å². The zero-order valence-electron chi connectivity index (χ0n) is 15.8. The Kier molecular flexibility index (Phi) is 5.84. The van der Waals surface area contributed by atoms with E-state index in [1.54, 1.807) is 0 Å². The number of hydrogen-bond donors (Lipinski definition) is 0. The smallest absolute Gasteiger partial charge is 0.233 e. The summed E-state index contributed by atoms with van der Waals surface area (Å²) >= 11 is 1.96. The van der Waals surface area contributed by atoms with Crippen molar-refractivity contribution in [2.75, 3.05) is 37.7 Å². The van der Waals surface area contributed by atoms with Crippen molar-refractivity contribution in [2.24, 2.45) is 0 Å². The number of rotatable bonds is 4. The molecule has 2 aromatic rings. The van der Waals surface area contributed by atoms with E-state index in [0.29, 0.717) is 5.91 Å². The molecule has 0 radical (unpaired) electrons. The molecule has 1 amide bonds. The highest BCUT2D eigenvalue weighted by atomic mass is 32.2. The van der Waals surface area contributed by atoms with Crippen LogP contribution in [0.3, 0.4) is 0 Å². The van der Waals surface area contributed by atoms with E-state index in [2.05, 4.69) is 64.4 Å². The average Bonchev–Trinajstić information content (AvgIpc) is 2.76. The second kappa shape index (κ2) is 8.49. The third kappa shape index (κ3) is 4.07. The molecule has 2 aliphatic heterocycles. The largest absolute Gasteiger partial charge is 0.340 e. The highest BCUT2D eigenvalue weighted by Crippen LogP contribution is 2.38. The molecule has 2 fully saturated rings. The van der Waals surface area contributed by atoms with Crippen LogP contribution < -0.4 is 0 Å². The molecule has 27 heavy (non-hydrogen) atoms. The minimum atomic E-state index is -0.351. The average molecular weight is 381 g/mol. The Hall–Kier alpha value is -1.78. The number of carbonyl (C=O) groups excluding carboxylic acids is 1. The van der Waals surface area contributed by atoms with Gasteiger partial charge < -0.3 is 4.90 Å². The zero-order valence-corrected chi connectivity index (χ0v) is 16.7. The molecule has 4 rings (SSSR count). The molecule has 0 bridgehead atoms. The van der Waals surface area contributed by atoms with Gasteiger partial charge in [-0.3, -0.25) is 9.69 Å². The molecule has 2 heterocycles. The summed E-state index contributed by atoms with van der Waals surface area (Å²) in [6, 6.07) is 21.2. The van der Waals surface area contributed by atoms with E-state index in [1.165, 1.54) is 11.1 Å². The fourth-order valence-corrected chi connectivity index (χ4v) is 5.29. The van der Waals surface area contributed by atoms with Gasteiger partial charge in [-0.1, -0.05) is 60.7 Å². The summed E-state index contributed by atoms with van der Waals surface area (Å²) in [6.45, 7) is 4.70. The lowest BCUT2D eigenvalue weighted by Crippen LogP contribution is -2.54. The van der Waals surface area contributed by atoms with Gasteiger partial charge in [0.1, 0.15) is 0 Å². The van der Waals surface area contributed by atoms with Crippen molar-refractivity contribution in [2.45, 2.75) is 24.8 Å². The van der Waals surface area contributed by atoms with Gasteiger partial charge >= 0.3 is 0 Å². The summed E-state index contributed by atoms with van der Waals surface area (Å²) in [5.41, 5.74) is 2.20. The van der Waals surface area contributed by atoms with Gasteiger partial charge in [-0.2, -0.15) is 11.8 Å². The van der Waals surface area contributed by atoms with Crippen LogP contribution in [0.15, 0.2) is 60.7 Å². The monoisotopic (exact) mass is 380 g/mol. The lowest BCUT2D eigenvalue weighted by Gasteiger charge is -2.44. The zero-order chi connectivity index (χ0) is 18.5. The molecule has 2 aliphatic rings. The third-order valence-electron chi connectivity index (χ3n) is 5.99. The second-order valence-electron chi connectivity index (χ2n) is 7.61. The SMILES string of the molecule is O=C(N1CCSCC1)C1(c2ccccc2)CCN(Cc2ccccc2)CC1. The van der Waals surface area contributed by atoms with E-state index in [0.717, 1.165) is 57.1 Å². The van der Waals surface area contributed by atoms with Crippen LogP contribution in [-0.2, 0) is 16.8 Å². The first kappa shape index (κ1) is 18.6. The molecular formula is C23H28N2OS. The van der Waals surface area contributed by atoms with Gasteiger partial charge in [0.2, 0.25) is 5.91 Å². The summed E-state index contributed by atoms with van der Waals surface area (Å²) in [4.78, 5) is 18.3. The number of hydrogen-bond acceptors (Lipinski definition) is 3. The highest BCUT2D eigenvalue weighted by Gasteiger charge is 2.45. The number of amides is 1. The Morgan fingerprint density at radius 2 is 1.44 bits per heavy atom. The van der Waals surface area contributed by atoms with Crippen LogP contribution >= 0.6 is 11.8 Å². The first-order valence-electron chi connectivity index (χ1n) is 9.97. The van der Waals surface area contributed by atoms with Crippen LogP contribution in [0.4, 0.5) is 0 Å². The summed E-state index contributed by atoms with van der Waals surface area (Å²) < 4.78 is 0. The summed E-state index contributed by atoms with van der Waals surface area (Å²) in [5.74, 6) is 2.49. The van der Waals surface area contributed by atoms with E-state index in [9.17, 15) is 4.79 Å². The van der Waals surface area contributed by atoms with Crippen LogP contribution in [0.1, 0.15) is 24.0 Å². The van der Waals surface area contributed by atoms with E-state index >= 15 is 0 Å². The topological polar surface area (TPSA) is 23.6 Å². The minimum Gasteiger partial charge on any atom is -0.340 e. The Labute approximate surface area is 166 Å².